The first-order chi connectivity index (χ1) is 9.58. The van der Waals surface area contributed by atoms with Crippen LogP contribution in [0.3, 0.4) is 0 Å². The Kier molecular flexibility index (Phi) is 4.29. The third kappa shape index (κ3) is 3.31. The summed E-state index contributed by atoms with van der Waals surface area (Å²) >= 11 is 0. The van der Waals surface area contributed by atoms with Crippen molar-refractivity contribution in [1.82, 2.24) is 14.5 Å². The molecule has 7 heteroatoms. The molecule has 2 N–H and O–H groups in total. The number of carbonyl (C=O) groups is 1. The summed E-state index contributed by atoms with van der Waals surface area (Å²) in [4.78, 5) is 39.2. The molecule has 7 nitrogen and oxygen atoms in total. The van der Waals surface area contributed by atoms with E-state index in [4.69, 9.17) is 5.11 Å². The third-order valence-electron chi connectivity index (χ3n) is 3.00. The maximum absolute atomic E-state index is 11.6. The summed E-state index contributed by atoms with van der Waals surface area (Å²) in [5, 5.41) is 8.54. The maximum atomic E-state index is 11.6. The molecule has 0 radical (unpaired) electrons. The second kappa shape index (κ2) is 6.14. The van der Waals surface area contributed by atoms with Crippen molar-refractivity contribution in [3.8, 4) is 11.4 Å². The molecule has 0 atom stereocenters. The molecule has 106 valence electrons. The zero-order valence-corrected chi connectivity index (χ0v) is 10.8. The number of H-pyrrole nitrogens is 1. The number of rotatable bonds is 6. The van der Waals surface area contributed by atoms with Gasteiger partial charge in [-0.05, 0) is 25.0 Å². The first-order valence-electron chi connectivity index (χ1n) is 6.39. The lowest BCUT2D eigenvalue weighted by atomic mass is 10.2. The second-order valence-corrected chi connectivity index (χ2v) is 4.51. The van der Waals surface area contributed by atoms with Crippen LogP contribution in [0.5, 0.6) is 0 Å². The van der Waals surface area contributed by atoms with Gasteiger partial charge in [-0.3, -0.25) is 14.6 Å². The lowest BCUT2D eigenvalue weighted by molar-refractivity contribution is -0.137. The molecule has 20 heavy (non-hydrogen) atoms. The summed E-state index contributed by atoms with van der Waals surface area (Å²) in [5.74, 6) is -0.438. The van der Waals surface area contributed by atoms with E-state index in [1.54, 1.807) is 22.9 Å². The van der Waals surface area contributed by atoms with Crippen LogP contribution >= 0.6 is 0 Å². The van der Waals surface area contributed by atoms with Gasteiger partial charge in [0.15, 0.2) is 5.82 Å². The van der Waals surface area contributed by atoms with Crippen LogP contribution in [-0.2, 0) is 11.3 Å². The van der Waals surface area contributed by atoms with Crippen LogP contribution < -0.4 is 11.2 Å². The average Bonchev–Trinajstić information content (AvgIpc) is 2.38. The number of aryl methyl sites for hydroxylation is 1. The maximum Gasteiger partial charge on any atom is 0.349 e. The van der Waals surface area contributed by atoms with E-state index in [1.165, 1.54) is 0 Å². The summed E-state index contributed by atoms with van der Waals surface area (Å²) in [6.07, 6.45) is 4.05. The van der Waals surface area contributed by atoms with Gasteiger partial charge in [0.05, 0.1) is 5.56 Å². The van der Waals surface area contributed by atoms with Crippen molar-refractivity contribution in [2.24, 2.45) is 0 Å². The Bertz CT molecular complexity index is 689. The van der Waals surface area contributed by atoms with Crippen LogP contribution in [0, 0.1) is 0 Å². The summed E-state index contributed by atoms with van der Waals surface area (Å²) in [6, 6.07) is 3.34. The molecule has 0 aromatic carbocycles. The lowest BCUT2D eigenvalue weighted by Crippen LogP contribution is -2.27. The number of aliphatic carboxylic acids is 1. The van der Waals surface area contributed by atoms with Gasteiger partial charge in [-0.1, -0.05) is 6.42 Å². The number of nitrogens with one attached hydrogen (secondary N) is 1. The fraction of sp³-hybridized carbons (Fsp3) is 0.385. The lowest BCUT2D eigenvalue weighted by Gasteiger charge is -2.12. The number of pyridine rings is 1. The van der Waals surface area contributed by atoms with Gasteiger partial charge in [0.25, 0.3) is 5.56 Å². The van der Waals surface area contributed by atoms with Crippen molar-refractivity contribution < 1.29 is 9.90 Å². The highest BCUT2D eigenvalue weighted by Crippen LogP contribution is 2.13. The van der Waals surface area contributed by atoms with E-state index in [1.807, 2.05) is 0 Å². The number of aromatic amines is 1. The Labute approximate surface area is 114 Å². The van der Waals surface area contributed by atoms with Gasteiger partial charge in [-0.15, -0.1) is 0 Å². The van der Waals surface area contributed by atoms with Crippen molar-refractivity contribution in [3.63, 3.8) is 0 Å². The minimum atomic E-state index is -0.799. The Hall–Kier alpha value is -2.44. The zero-order valence-electron chi connectivity index (χ0n) is 10.8. The van der Waals surface area contributed by atoms with E-state index in [-0.39, 0.29) is 6.42 Å². The molecule has 0 amide bonds. The molecular formula is C13H15N3O4. The highest BCUT2D eigenvalue weighted by atomic mass is 16.4. The first kappa shape index (κ1) is 14.0. The predicted molar refractivity (Wildman–Crippen MR) is 71.8 cm³/mol. The Morgan fingerprint density at radius 3 is 2.85 bits per heavy atom. The van der Waals surface area contributed by atoms with E-state index in [0.29, 0.717) is 24.4 Å². The number of hydrogen-bond acceptors (Lipinski definition) is 4. The smallest absolute Gasteiger partial charge is 0.349 e. The van der Waals surface area contributed by atoms with Gasteiger partial charge < -0.3 is 9.67 Å². The second-order valence-electron chi connectivity index (χ2n) is 4.51. The molecule has 0 aliphatic carbocycles. The van der Waals surface area contributed by atoms with Crippen LogP contribution in [0.15, 0.2) is 27.9 Å². The largest absolute Gasteiger partial charge is 0.481 e. The van der Waals surface area contributed by atoms with Crippen LogP contribution in [0.25, 0.3) is 11.4 Å². The minimum absolute atomic E-state index is 0.156. The van der Waals surface area contributed by atoms with E-state index >= 15 is 0 Å². The molecule has 0 saturated carbocycles. The Balaban J connectivity index is 2.09. The summed E-state index contributed by atoms with van der Waals surface area (Å²) in [5.41, 5.74) is -0.730. The van der Waals surface area contributed by atoms with E-state index in [2.05, 4.69) is 9.97 Å². The van der Waals surface area contributed by atoms with Gasteiger partial charge in [0.1, 0.15) is 0 Å². The SMILES string of the molecule is O=C(O)CCCCCn1cccc2c(=O)[nH]c(=O)nc1-2. The monoisotopic (exact) mass is 277 g/mol. The molecule has 2 heterocycles. The van der Waals surface area contributed by atoms with Crippen molar-refractivity contribution in [1.29, 1.82) is 0 Å². The molecule has 2 rings (SSSR count). The number of nitrogens with zero attached hydrogens (tertiary/aromatic N) is 2. The number of fused-ring (bicyclic) bond motifs is 1. The number of hydrogen-bond donors (Lipinski definition) is 2. The van der Waals surface area contributed by atoms with E-state index < -0.39 is 17.2 Å². The highest BCUT2D eigenvalue weighted by Gasteiger charge is 2.12. The summed E-state index contributed by atoms with van der Waals surface area (Å²) in [6.45, 7) is 0.590. The summed E-state index contributed by atoms with van der Waals surface area (Å²) in [7, 11) is 0. The molecule has 0 unspecified atom stereocenters. The quantitative estimate of drug-likeness (QED) is 0.755. The topological polar surface area (TPSA) is 105 Å². The molecule has 0 aromatic heterocycles. The molecule has 0 spiro atoms. The number of carboxylic acid groups (broad SMARTS) is 1. The zero-order chi connectivity index (χ0) is 14.5. The Morgan fingerprint density at radius 1 is 1.30 bits per heavy atom. The Morgan fingerprint density at radius 2 is 2.10 bits per heavy atom. The van der Waals surface area contributed by atoms with Gasteiger partial charge in [0, 0.05) is 19.2 Å². The normalized spacial score (nSPS) is 10.8. The van der Waals surface area contributed by atoms with Crippen LogP contribution in [0.1, 0.15) is 25.7 Å². The molecule has 2 aliphatic rings. The van der Waals surface area contributed by atoms with Crippen LogP contribution in [0.4, 0.5) is 0 Å². The van der Waals surface area contributed by atoms with Crippen molar-refractivity contribution in [2.45, 2.75) is 32.2 Å². The highest BCUT2D eigenvalue weighted by molar-refractivity contribution is 5.66. The molecule has 0 saturated heterocycles. The van der Waals surface area contributed by atoms with Crippen LogP contribution in [-0.4, -0.2) is 25.6 Å². The van der Waals surface area contributed by atoms with Gasteiger partial charge in [-0.25, -0.2) is 4.79 Å². The number of aromatic nitrogens is 3. The van der Waals surface area contributed by atoms with Crippen molar-refractivity contribution >= 4 is 5.97 Å². The average molecular weight is 277 g/mol. The molecule has 0 fully saturated rings. The first-order valence-corrected chi connectivity index (χ1v) is 6.39. The van der Waals surface area contributed by atoms with Crippen molar-refractivity contribution in [3.05, 3.63) is 39.2 Å². The number of unbranched alkanes of at least 4 members (excludes halogenated alkanes) is 2. The molecular weight excluding hydrogens is 262 g/mol. The van der Waals surface area contributed by atoms with Crippen LogP contribution in [0.2, 0.25) is 0 Å². The van der Waals surface area contributed by atoms with Gasteiger partial charge in [0.2, 0.25) is 0 Å². The fourth-order valence-electron chi connectivity index (χ4n) is 2.05. The number of carboxylic acids is 1. The molecule has 0 bridgehead atoms. The third-order valence-corrected chi connectivity index (χ3v) is 3.00. The summed E-state index contributed by atoms with van der Waals surface area (Å²) < 4.78 is 1.74. The predicted octanol–water partition coefficient (Wildman–Crippen LogP) is 0.681. The standard InChI is InChI=1S/C13H15N3O4/c17-10(18)6-2-1-3-7-16-8-4-5-9-11(16)14-13(20)15-12(9)19/h4-5,8H,1-3,6-7H2,(H,17,18)(H,15,19,20). The van der Waals surface area contributed by atoms with Gasteiger partial charge >= 0.3 is 11.7 Å². The van der Waals surface area contributed by atoms with E-state index in [0.717, 1.165) is 12.8 Å². The van der Waals surface area contributed by atoms with Gasteiger partial charge in [-0.2, -0.15) is 4.98 Å². The van der Waals surface area contributed by atoms with E-state index in [9.17, 15) is 14.4 Å². The molecule has 2 aliphatic heterocycles. The fourth-order valence-corrected chi connectivity index (χ4v) is 2.05. The molecule has 0 aromatic rings. The minimum Gasteiger partial charge on any atom is -0.481 e. The van der Waals surface area contributed by atoms with Crippen molar-refractivity contribution in [2.75, 3.05) is 0 Å².